The van der Waals surface area contributed by atoms with Gasteiger partial charge < -0.3 is 4.57 Å². The number of aryl methyl sites for hydroxylation is 1. The van der Waals surface area contributed by atoms with Crippen LogP contribution in [0, 0.1) is 0 Å². The van der Waals surface area contributed by atoms with Gasteiger partial charge in [-0.15, -0.1) is 21.5 Å². The number of nitrogens with one attached hydrogen (secondary N) is 1. The van der Waals surface area contributed by atoms with E-state index >= 15 is 0 Å². The highest BCUT2D eigenvalue weighted by Gasteiger charge is 2.12. The predicted molar refractivity (Wildman–Crippen MR) is 73.2 cm³/mol. The second-order valence-electron chi connectivity index (χ2n) is 3.54. The van der Waals surface area contributed by atoms with E-state index in [1.807, 2.05) is 11.5 Å². The molecule has 2 heterocycles. The largest absolute Gasteiger partial charge is 0.309 e. The predicted octanol–water partition coefficient (Wildman–Crippen LogP) is 1.41. The third kappa shape index (κ3) is 3.65. The number of rotatable bonds is 5. The summed E-state index contributed by atoms with van der Waals surface area (Å²) < 4.78 is 1.83. The van der Waals surface area contributed by atoms with Gasteiger partial charge in [0.05, 0.1) is 10.6 Å². The number of amides is 2. The number of thioether (sulfide) groups is 1. The van der Waals surface area contributed by atoms with E-state index in [2.05, 4.69) is 15.5 Å². The molecule has 0 unspecified atom stereocenters. The highest BCUT2D eigenvalue weighted by atomic mass is 32.2. The number of hydrogen-bond donors (Lipinski definition) is 1. The lowest BCUT2D eigenvalue weighted by atomic mass is 10.4. The molecule has 0 radical (unpaired) electrons. The van der Waals surface area contributed by atoms with Crippen molar-refractivity contribution < 1.29 is 9.59 Å². The van der Waals surface area contributed by atoms with Gasteiger partial charge in [-0.1, -0.05) is 17.8 Å². The Morgan fingerprint density at radius 3 is 3.05 bits per heavy atom. The quantitative estimate of drug-likeness (QED) is 0.844. The molecule has 1 N–H and O–H groups in total. The SMILES string of the molecule is CCn1cnnc1SCC(=O)NC(=O)c1cccs1. The van der Waals surface area contributed by atoms with Crippen molar-refractivity contribution in [3.63, 3.8) is 0 Å². The third-order valence-electron chi connectivity index (χ3n) is 2.25. The molecule has 0 spiro atoms. The summed E-state index contributed by atoms with van der Waals surface area (Å²) in [6.45, 7) is 2.71. The maximum absolute atomic E-state index is 11.6. The molecule has 2 amide bonds. The van der Waals surface area contributed by atoms with E-state index in [9.17, 15) is 9.59 Å². The zero-order chi connectivity index (χ0) is 13.7. The Labute approximate surface area is 118 Å². The van der Waals surface area contributed by atoms with E-state index in [1.54, 1.807) is 23.8 Å². The Balaban J connectivity index is 1.84. The lowest BCUT2D eigenvalue weighted by Gasteiger charge is -2.03. The number of carbonyl (C=O) groups is 2. The minimum absolute atomic E-state index is 0.135. The Hall–Kier alpha value is -1.67. The molecular formula is C11H12N4O2S2. The Morgan fingerprint density at radius 1 is 1.53 bits per heavy atom. The molecule has 0 aliphatic heterocycles. The van der Waals surface area contributed by atoms with E-state index < -0.39 is 0 Å². The molecule has 2 rings (SSSR count). The van der Waals surface area contributed by atoms with E-state index in [0.29, 0.717) is 10.0 Å². The van der Waals surface area contributed by atoms with Crippen LogP contribution in [0.4, 0.5) is 0 Å². The van der Waals surface area contributed by atoms with Crippen molar-refractivity contribution in [1.29, 1.82) is 0 Å². The highest BCUT2D eigenvalue weighted by Crippen LogP contribution is 2.14. The van der Waals surface area contributed by atoms with Gasteiger partial charge in [0.2, 0.25) is 5.91 Å². The van der Waals surface area contributed by atoms with Crippen molar-refractivity contribution >= 4 is 34.9 Å². The molecule has 19 heavy (non-hydrogen) atoms. The third-order valence-corrected chi connectivity index (χ3v) is 4.10. The summed E-state index contributed by atoms with van der Waals surface area (Å²) in [7, 11) is 0. The molecule has 2 aromatic heterocycles. The average Bonchev–Trinajstić information content (AvgIpc) is 3.07. The molecule has 0 aliphatic rings. The van der Waals surface area contributed by atoms with Gasteiger partial charge in [-0.2, -0.15) is 0 Å². The Bertz CT molecular complexity index is 565. The fraction of sp³-hybridized carbons (Fsp3) is 0.273. The average molecular weight is 296 g/mol. The molecule has 0 saturated carbocycles. The fourth-order valence-electron chi connectivity index (χ4n) is 1.34. The molecule has 6 nitrogen and oxygen atoms in total. The first-order valence-corrected chi connectivity index (χ1v) is 7.45. The van der Waals surface area contributed by atoms with Crippen LogP contribution in [0.25, 0.3) is 0 Å². The van der Waals surface area contributed by atoms with Crippen LogP contribution in [0.1, 0.15) is 16.6 Å². The summed E-state index contributed by atoms with van der Waals surface area (Å²) in [6, 6.07) is 3.44. The molecule has 0 saturated heterocycles. The lowest BCUT2D eigenvalue weighted by Crippen LogP contribution is -2.31. The van der Waals surface area contributed by atoms with Crippen molar-refractivity contribution in [2.45, 2.75) is 18.6 Å². The van der Waals surface area contributed by atoms with Crippen molar-refractivity contribution in [3.05, 3.63) is 28.7 Å². The number of thiophene rings is 1. The van der Waals surface area contributed by atoms with Gasteiger partial charge in [-0.05, 0) is 18.4 Å². The minimum atomic E-state index is -0.363. The van der Waals surface area contributed by atoms with Crippen LogP contribution in [0.5, 0.6) is 0 Å². The topological polar surface area (TPSA) is 76.9 Å². The number of imide groups is 1. The van der Waals surface area contributed by atoms with Gasteiger partial charge in [0.1, 0.15) is 6.33 Å². The van der Waals surface area contributed by atoms with Gasteiger partial charge in [0.25, 0.3) is 5.91 Å². The molecule has 0 atom stereocenters. The molecule has 8 heteroatoms. The van der Waals surface area contributed by atoms with Crippen molar-refractivity contribution in [1.82, 2.24) is 20.1 Å². The van der Waals surface area contributed by atoms with Crippen LogP contribution in [0.15, 0.2) is 29.0 Å². The number of aromatic nitrogens is 3. The molecular weight excluding hydrogens is 284 g/mol. The lowest BCUT2D eigenvalue weighted by molar-refractivity contribution is -0.117. The minimum Gasteiger partial charge on any atom is -0.309 e. The highest BCUT2D eigenvalue weighted by molar-refractivity contribution is 7.99. The van der Waals surface area contributed by atoms with Crippen LogP contribution in [0.3, 0.4) is 0 Å². The number of nitrogens with zero attached hydrogens (tertiary/aromatic N) is 3. The van der Waals surface area contributed by atoms with Gasteiger partial charge in [-0.25, -0.2) is 0 Å². The number of carbonyl (C=O) groups excluding carboxylic acids is 2. The van der Waals surface area contributed by atoms with E-state index in [1.165, 1.54) is 23.1 Å². The van der Waals surface area contributed by atoms with Crippen molar-refractivity contribution in [2.75, 3.05) is 5.75 Å². The van der Waals surface area contributed by atoms with Gasteiger partial charge >= 0.3 is 0 Å². The zero-order valence-corrected chi connectivity index (χ0v) is 11.8. The van der Waals surface area contributed by atoms with Crippen LogP contribution >= 0.6 is 23.1 Å². The fourth-order valence-corrected chi connectivity index (χ4v) is 2.73. The van der Waals surface area contributed by atoms with Crippen LogP contribution in [-0.4, -0.2) is 32.3 Å². The summed E-state index contributed by atoms with van der Waals surface area (Å²) >= 11 is 2.55. The second kappa shape index (κ2) is 6.48. The van der Waals surface area contributed by atoms with E-state index in [0.717, 1.165) is 6.54 Å². The maximum atomic E-state index is 11.6. The summed E-state index contributed by atoms with van der Waals surface area (Å²) in [5.41, 5.74) is 0. The van der Waals surface area contributed by atoms with Crippen molar-refractivity contribution in [3.8, 4) is 0 Å². The molecule has 0 bridgehead atoms. The molecule has 0 aromatic carbocycles. The van der Waals surface area contributed by atoms with E-state index in [4.69, 9.17) is 0 Å². The second-order valence-corrected chi connectivity index (χ2v) is 5.43. The Kier molecular flexibility index (Phi) is 4.69. The monoisotopic (exact) mass is 296 g/mol. The summed E-state index contributed by atoms with van der Waals surface area (Å²) in [5.74, 6) is -0.567. The summed E-state index contributed by atoms with van der Waals surface area (Å²) in [4.78, 5) is 23.8. The first-order valence-electron chi connectivity index (χ1n) is 5.59. The summed E-state index contributed by atoms with van der Waals surface area (Å²) in [6.07, 6.45) is 1.61. The first kappa shape index (κ1) is 13.8. The van der Waals surface area contributed by atoms with Gasteiger partial charge in [0, 0.05) is 6.54 Å². The maximum Gasteiger partial charge on any atom is 0.267 e. The number of hydrogen-bond acceptors (Lipinski definition) is 6. The molecule has 0 fully saturated rings. The zero-order valence-electron chi connectivity index (χ0n) is 10.2. The van der Waals surface area contributed by atoms with Gasteiger partial charge in [0.15, 0.2) is 5.16 Å². The van der Waals surface area contributed by atoms with Gasteiger partial charge in [-0.3, -0.25) is 14.9 Å². The summed E-state index contributed by atoms with van der Waals surface area (Å²) in [5, 5.41) is 12.5. The standard InChI is InChI=1S/C11H12N4O2S2/c1-2-15-7-12-14-11(15)19-6-9(16)13-10(17)8-4-3-5-18-8/h3-5,7H,2,6H2,1H3,(H,13,16,17). The van der Waals surface area contributed by atoms with E-state index in [-0.39, 0.29) is 17.6 Å². The van der Waals surface area contributed by atoms with Crippen LogP contribution in [-0.2, 0) is 11.3 Å². The van der Waals surface area contributed by atoms with Crippen LogP contribution < -0.4 is 5.32 Å². The first-order chi connectivity index (χ1) is 9.20. The van der Waals surface area contributed by atoms with Crippen molar-refractivity contribution in [2.24, 2.45) is 0 Å². The molecule has 0 aliphatic carbocycles. The molecule has 100 valence electrons. The normalized spacial score (nSPS) is 10.4. The molecule has 2 aromatic rings. The van der Waals surface area contributed by atoms with Crippen LogP contribution in [0.2, 0.25) is 0 Å². The smallest absolute Gasteiger partial charge is 0.267 e. The Morgan fingerprint density at radius 2 is 2.37 bits per heavy atom.